The van der Waals surface area contributed by atoms with Crippen molar-refractivity contribution >= 4 is 5.91 Å². The molecule has 0 spiro atoms. The van der Waals surface area contributed by atoms with Crippen LogP contribution in [0.1, 0.15) is 38.2 Å². The van der Waals surface area contributed by atoms with Gasteiger partial charge >= 0.3 is 0 Å². The van der Waals surface area contributed by atoms with E-state index in [1.54, 1.807) is 0 Å². The smallest absolute Gasteiger partial charge is 0.260 e. The van der Waals surface area contributed by atoms with Crippen molar-refractivity contribution in [2.45, 2.75) is 32.6 Å². The van der Waals surface area contributed by atoms with Gasteiger partial charge in [-0.1, -0.05) is 26.0 Å². The highest BCUT2D eigenvalue weighted by Crippen LogP contribution is 2.19. The van der Waals surface area contributed by atoms with E-state index >= 15 is 0 Å². The number of carbonyl (C=O) groups excluding carboxylic acids is 1. The molecule has 1 aliphatic heterocycles. The molecule has 122 valence electrons. The fourth-order valence-electron chi connectivity index (χ4n) is 2.93. The number of hydrogen-bond donors (Lipinski definition) is 1. The number of ether oxygens (including phenoxy) is 1. The average Bonchev–Trinajstić information content (AvgIpc) is 2.53. The first-order valence-corrected chi connectivity index (χ1v) is 8.25. The van der Waals surface area contributed by atoms with Gasteiger partial charge in [-0.15, -0.1) is 0 Å². The summed E-state index contributed by atoms with van der Waals surface area (Å²) in [5, 5.41) is 3.20. The van der Waals surface area contributed by atoms with Gasteiger partial charge in [0.2, 0.25) is 0 Å². The van der Waals surface area contributed by atoms with E-state index in [1.165, 1.54) is 12.0 Å². The van der Waals surface area contributed by atoms with Crippen LogP contribution in [-0.4, -0.2) is 44.1 Å². The monoisotopic (exact) mass is 304 g/mol. The number of likely N-dealkylation sites (tertiary alicyclic amines) is 1. The zero-order valence-electron chi connectivity index (χ0n) is 14.0. The van der Waals surface area contributed by atoms with Gasteiger partial charge in [0.05, 0.1) is 0 Å². The maximum absolute atomic E-state index is 12.3. The fourth-order valence-corrected chi connectivity index (χ4v) is 2.93. The summed E-state index contributed by atoms with van der Waals surface area (Å²) < 4.78 is 5.64. The molecule has 1 aromatic rings. The largest absolute Gasteiger partial charge is 0.484 e. The van der Waals surface area contributed by atoms with Gasteiger partial charge in [0.25, 0.3) is 5.91 Å². The molecule has 1 amide bonds. The van der Waals surface area contributed by atoms with Crippen molar-refractivity contribution in [3.63, 3.8) is 0 Å². The number of nitrogens with one attached hydrogen (secondary N) is 1. The molecule has 4 nitrogen and oxygen atoms in total. The van der Waals surface area contributed by atoms with Gasteiger partial charge < -0.3 is 15.0 Å². The lowest BCUT2D eigenvalue weighted by Crippen LogP contribution is -2.44. The first-order valence-electron chi connectivity index (χ1n) is 8.25. The molecule has 0 saturated carbocycles. The second-order valence-corrected chi connectivity index (χ2v) is 6.42. The van der Waals surface area contributed by atoms with E-state index in [2.05, 4.69) is 31.3 Å². The summed E-state index contributed by atoms with van der Waals surface area (Å²) in [5.74, 6) is 1.93. The summed E-state index contributed by atoms with van der Waals surface area (Å²) in [6.45, 7) is 7.13. The Bertz CT molecular complexity index is 468. The third kappa shape index (κ3) is 4.73. The van der Waals surface area contributed by atoms with Crippen molar-refractivity contribution in [3.8, 4) is 5.75 Å². The lowest BCUT2D eigenvalue weighted by Gasteiger charge is -2.32. The molecular weight excluding hydrogens is 276 g/mol. The first-order chi connectivity index (χ1) is 10.6. The van der Waals surface area contributed by atoms with Crippen molar-refractivity contribution in [2.75, 3.05) is 33.3 Å². The molecule has 0 aliphatic carbocycles. The Morgan fingerprint density at radius 1 is 1.36 bits per heavy atom. The molecule has 1 aliphatic rings. The van der Waals surface area contributed by atoms with E-state index in [9.17, 15) is 4.79 Å². The first kappa shape index (κ1) is 16.8. The van der Waals surface area contributed by atoms with Crippen molar-refractivity contribution in [1.29, 1.82) is 0 Å². The molecule has 1 N–H and O–H groups in total. The Kier molecular flexibility index (Phi) is 6.25. The lowest BCUT2D eigenvalue weighted by molar-refractivity contribution is -0.135. The Hall–Kier alpha value is -1.55. The number of nitrogens with zero attached hydrogens (tertiary/aromatic N) is 1. The zero-order valence-corrected chi connectivity index (χ0v) is 14.0. The van der Waals surface area contributed by atoms with Crippen LogP contribution in [-0.2, 0) is 4.79 Å². The quantitative estimate of drug-likeness (QED) is 0.878. The van der Waals surface area contributed by atoms with Crippen molar-refractivity contribution in [2.24, 2.45) is 5.92 Å². The molecule has 22 heavy (non-hydrogen) atoms. The summed E-state index contributed by atoms with van der Waals surface area (Å²) >= 11 is 0. The van der Waals surface area contributed by atoms with Crippen molar-refractivity contribution < 1.29 is 9.53 Å². The van der Waals surface area contributed by atoms with Crippen LogP contribution in [0.15, 0.2) is 24.3 Å². The minimum Gasteiger partial charge on any atom is -0.484 e. The van der Waals surface area contributed by atoms with Gasteiger partial charge in [-0.2, -0.15) is 0 Å². The van der Waals surface area contributed by atoms with E-state index in [0.717, 1.165) is 31.8 Å². The van der Waals surface area contributed by atoms with E-state index < -0.39 is 0 Å². The van der Waals surface area contributed by atoms with Gasteiger partial charge in [0.1, 0.15) is 5.75 Å². The molecule has 1 heterocycles. The zero-order chi connectivity index (χ0) is 15.9. The summed E-state index contributed by atoms with van der Waals surface area (Å²) in [6.07, 6.45) is 2.28. The molecule has 1 atom stereocenters. The molecule has 4 heteroatoms. The fraction of sp³-hybridized carbons (Fsp3) is 0.611. The minimum absolute atomic E-state index is 0.0914. The van der Waals surface area contributed by atoms with E-state index in [4.69, 9.17) is 4.74 Å². The van der Waals surface area contributed by atoms with Gasteiger partial charge in [0.15, 0.2) is 6.61 Å². The van der Waals surface area contributed by atoms with Crippen LogP contribution >= 0.6 is 0 Å². The Morgan fingerprint density at radius 2 is 2.09 bits per heavy atom. The summed E-state index contributed by atoms with van der Waals surface area (Å²) in [5.41, 5.74) is 1.28. The number of rotatable bonds is 6. The van der Waals surface area contributed by atoms with Crippen molar-refractivity contribution in [3.05, 3.63) is 29.8 Å². The standard InChI is InChI=1S/C18H28N2O2/c1-14(2)16-6-8-17(9-7-16)22-13-18(21)20-10-4-5-15(12-20)11-19-3/h6-9,14-15,19H,4-5,10-13H2,1-3H3. The highest BCUT2D eigenvalue weighted by molar-refractivity contribution is 5.77. The molecule has 1 saturated heterocycles. The molecule has 0 radical (unpaired) electrons. The molecule has 1 fully saturated rings. The summed E-state index contributed by atoms with van der Waals surface area (Å²) in [4.78, 5) is 14.2. The highest BCUT2D eigenvalue weighted by atomic mass is 16.5. The maximum Gasteiger partial charge on any atom is 0.260 e. The van der Waals surface area contributed by atoms with E-state index in [1.807, 2.05) is 24.1 Å². The third-order valence-corrected chi connectivity index (χ3v) is 4.27. The Morgan fingerprint density at radius 3 is 2.73 bits per heavy atom. The van der Waals surface area contributed by atoms with Crippen LogP contribution in [0.25, 0.3) is 0 Å². The average molecular weight is 304 g/mol. The number of hydrogen-bond acceptors (Lipinski definition) is 3. The van der Waals surface area contributed by atoms with Crippen LogP contribution in [0.2, 0.25) is 0 Å². The number of benzene rings is 1. The molecule has 2 rings (SSSR count). The maximum atomic E-state index is 12.3. The van der Waals surface area contributed by atoms with E-state index in [0.29, 0.717) is 11.8 Å². The summed E-state index contributed by atoms with van der Waals surface area (Å²) in [6, 6.07) is 8.02. The number of carbonyl (C=O) groups is 1. The minimum atomic E-state index is 0.0914. The van der Waals surface area contributed by atoms with Crippen LogP contribution in [0.4, 0.5) is 0 Å². The van der Waals surface area contributed by atoms with Crippen molar-refractivity contribution in [1.82, 2.24) is 10.2 Å². The molecule has 1 unspecified atom stereocenters. The third-order valence-electron chi connectivity index (χ3n) is 4.27. The van der Waals surface area contributed by atoms with Gasteiger partial charge in [-0.3, -0.25) is 4.79 Å². The van der Waals surface area contributed by atoms with Crippen LogP contribution in [0.5, 0.6) is 5.75 Å². The second kappa shape index (κ2) is 8.18. The van der Waals surface area contributed by atoms with Gasteiger partial charge in [0, 0.05) is 13.1 Å². The van der Waals surface area contributed by atoms with Crippen LogP contribution < -0.4 is 10.1 Å². The Labute approximate surface area is 133 Å². The number of amides is 1. The lowest BCUT2D eigenvalue weighted by atomic mass is 9.98. The second-order valence-electron chi connectivity index (χ2n) is 6.42. The topological polar surface area (TPSA) is 41.6 Å². The van der Waals surface area contributed by atoms with Gasteiger partial charge in [-0.05, 0) is 56.0 Å². The van der Waals surface area contributed by atoms with Crippen LogP contribution in [0.3, 0.4) is 0 Å². The normalized spacial score (nSPS) is 18.5. The predicted octanol–water partition coefficient (Wildman–Crippen LogP) is 2.65. The highest BCUT2D eigenvalue weighted by Gasteiger charge is 2.23. The molecule has 0 bridgehead atoms. The van der Waals surface area contributed by atoms with Crippen LogP contribution in [0, 0.1) is 5.92 Å². The summed E-state index contributed by atoms with van der Waals surface area (Å²) in [7, 11) is 1.96. The molecular formula is C18H28N2O2. The Balaban J connectivity index is 1.81. The van der Waals surface area contributed by atoms with Gasteiger partial charge in [-0.25, -0.2) is 0 Å². The SMILES string of the molecule is CNCC1CCCN(C(=O)COc2ccc(C(C)C)cc2)C1. The predicted molar refractivity (Wildman–Crippen MR) is 89.3 cm³/mol. The molecule has 0 aromatic heterocycles. The number of piperidine rings is 1. The molecule has 1 aromatic carbocycles. The van der Waals surface area contributed by atoms with E-state index in [-0.39, 0.29) is 12.5 Å².